The van der Waals surface area contributed by atoms with Crippen molar-refractivity contribution in [2.75, 3.05) is 13.1 Å². The van der Waals surface area contributed by atoms with Gasteiger partial charge in [0.25, 0.3) is 0 Å². The van der Waals surface area contributed by atoms with Crippen LogP contribution in [0.25, 0.3) is 0 Å². The van der Waals surface area contributed by atoms with E-state index in [0.29, 0.717) is 5.91 Å². The molecule has 0 spiro atoms. The van der Waals surface area contributed by atoms with Crippen LogP contribution in [0.5, 0.6) is 5.75 Å². The molecule has 1 amide bonds. The first-order chi connectivity index (χ1) is 11.0. The number of para-hydroxylation sites is 1. The van der Waals surface area contributed by atoms with Gasteiger partial charge in [-0.25, -0.2) is 0 Å². The molecule has 1 aromatic carbocycles. The van der Waals surface area contributed by atoms with Crippen LogP contribution < -0.4 is 10.5 Å². The number of hydrogen-bond donors (Lipinski definition) is 1. The van der Waals surface area contributed by atoms with Crippen LogP contribution in [0.1, 0.15) is 43.2 Å². The molecular formula is C19H28N2O2. The zero-order valence-corrected chi connectivity index (χ0v) is 14.3. The SMILES string of the molecule is Cc1cccc(C)c1OC1CCN(C(=O)[C@@H]2CC[C@H](N)C2)CC1. The van der Waals surface area contributed by atoms with E-state index in [2.05, 4.69) is 32.0 Å². The molecule has 1 heterocycles. The number of nitrogens with zero attached hydrogens (tertiary/aromatic N) is 1. The van der Waals surface area contributed by atoms with Crippen LogP contribution in [0, 0.1) is 19.8 Å². The van der Waals surface area contributed by atoms with E-state index in [4.69, 9.17) is 10.5 Å². The summed E-state index contributed by atoms with van der Waals surface area (Å²) in [5.41, 5.74) is 8.31. The van der Waals surface area contributed by atoms with E-state index in [1.54, 1.807) is 0 Å². The van der Waals surface area contributed by atoms with Gasteiger partial charge >= 0.3 is 0 Å². The van der Waals surface area contributed by atoms with E-state index in [-0.39, 0.29) is 18.1 Å². The minimum Gasteiger partial charge on any atom is -0.490 e. The van der Waals surface area contributed by atoms with Crippen molar-refractivity contribution in [3.8, 4) is 5.75 Å². The molecule has 23 heavy (non-hydrogen) atoms. The topological polar surface area (TPSA) is 55.6 Å². The van der Waals surface area contributed by atoms with Crippen molar-refractivity contribution < 1.29 is 9.53 Å². The summed E-state index contributed by atoms with van der Waals surface area (Å²) in [6.45, 7) is 5.79. The Kier molecular flexibility index (Phi) is 4.90. The normalized spacial score (nSPS) is 25.6. The quantitative estimate of drug-likeness (QED) is 0.933. The minimum atomic E-state index is 0.154. The largest absolute Gasteiger partial charge is 0.490 e. The number of carbonyl (C=O) groups is 1. The molecule has 3 rings (SSSR count). The molecule has 1 saturated carbocycles. The van der Waals surface area contributed by atoms with Crippen LogP contribution in [-0.4, -0.2) is 36.0 Å². The zero-order chi connectivity index (χ0) is 16.4. The summed E-state index contributed by atoms with van der Waals surface area (Å²) < 4.78 is 6.23. The summed E-state index contributed by atoms with van der Waals surface area (Å²) in [6.07, 6.45) is 4.85. The lowest BCUT2D eigenvalue weighted by Gasteiger charge is -2.34. The van der Waals surface area contributed by atoms with Gasteiger partial charge in [-0.05, 0) is 44.2 Å². The predicted octanol–water partition coefficient (Wildman–Crippen LogP) is 2.80. The molecule has 4 nitrogen and oxygen atoms in total. The van der Waals surface area contributed by atoms with Gasteiger partial charge in [0.05, 0.1) is 0 Å². The maximum atomic E-state index is 12.5. The molecule has 0 unspecified atom stereocenters. The van der Waals surface area contributed by atoms with Gasteiger partial charge in [-0.15, -0.1) is 0 Å². The fraction of sp³-hybridized carbons (Fsp3) is 0.632. The van der Waals surface area contributed by atoms with Gasteiger partial charge in [0.2, 0.25) is 5.91 Å². The number of hydrogen-bond acceptors (Lipinski definition) is 3. The van der Waals surface area contributed by atoms with E-state index in [1.807, 2.05) is 4.90 Å². The standard InChI is InChI=1S/C19H28N2O2/c1-13-4-3-5-14(2)18(13)23-17-8-10-21(11-9-17)19(22)15-6-7-16(20)12-15/h3-5,15-17H,6-12,20H2,1-2H3/t15-,16+/m1/s1. The molecule has 126 valence electrons. The average Bonchev–Trinajstić information content (AvgIpc) is 2.97. The fourth-order valence-electron chi connectivity index (χ4n) is 3.84. The van der Waals surface area contributed by atoms with E-state index in [9.17, 15) is 4.79 Å². The fourth-order valence-corrected chi connectivity index (χ4v) is 3.84. The van der Waals surface area contributed by atoms with Gasteiger partial charge < -0.3 is 15.4 Å². The second-order valence-corrected chi connectivity index (χ2v) is 7.13. The smallest absolute Gasteiger partial charge is 0.225 e. The Hall–Kier alpha value is -1.55. The molecule has 0 aromatic heterocycles. The second-order valence-electron chi connectivity index (χ2n) is 7.13. The first kappa shape index (κ1) is 16.3. The molecule has 2 N–H and O–H groups in total. The summed E-state index contributed by atoms with van der Waals surface area (Å²) in [6, 6.07) is 6.45. The third kappa shape index (κ3) is 3.69. The number of piperidine rings is 1. The van der Waals surface area contributed by atoms with Crippen LogP contribution in [0.2, 0.25) is 0 Å². The van der Waals surface area contributed by atoms with Gasteiger partial charge in [0.15, 0.2) is 0 Å². The maximum absolute atomic E-state index is 12.5. The lowest BCUT2D eigenvalue weighted by molar-refractivity contribution is -0.137. The highest BCUT2D eigenvalue weighted by molar-refractivity contribution is 5.79. The van der Waals surface area contributed by atoms with Gasteiger partial charge in [-0.1, -0.05) is 18.2 Å². The first-order valence-corrected chi connectivity index (χ1v) is 8.82. The molecule has 2 atom stereocenters. The third-order valence-corrected chi connectivity index (χ3v) is 5.27. The van der Waals surface area contributed by atoms with Gasteiger partial charge in [-0.3, -0.25) is 4.79 Å². The lowest BCUT2D eigenvalue weighted by atomic mass is 10.0. The summed E-state index contributed by atoms with van der Waals surface area (Å²) in [5.74, 6) is 1.48. The third-order valence-electron chi connectivity index (χ3n) is 5.27. The molecule has 1 aliphatic carbocycles. The Morgan fingerprint density at radius 3 is 2.35 bits per heavy atom. The van der Waals surface area contributed by atoms with Crippen molar-refractivity contribution in [3.63, 3.8) is 0 Å². The molecular weight excluding hydrogens is 288 g/mol. The molecule has 4 heteroatoms. The average molecular weight is 316 g/mol. The number of carbonyl (C=O) groups excluding carboxylic acids is 1. The summed E-state index contributed by atoms with van der Waals surface area (Å²) in [5, 5.41) is 0. The van der Waals surface area contributed by atoms with Crippen molar-refractivity contribution in [2.24, 2.45) is 11.7 Å². The van der Waals surface area contributed by atoms with Crippen LogP contribution in [0.4, 0.5) is 0 Å². The molecule has 1 aromatic rings. The van der Waals surface area contributed by atoms with Gasteiger partial charge in [0, 0.05) is 37.9 Å². The molecule has 2 fully saturated rings. The second kappa shape index (κ2) is 6.91. The van der Waals surface area contributed by atoms with Crippen LogP contribution in [-0.2, 0) is 4.79 Å². The first-order valence-electron chi connectivity index (χ1n) is 8.82. The van der Waals surface area contributed by atoms with Crippen LogP contribution in [0.3, 0.4) is 0 Å². The highest BCUT2D eigenvalue weighted by Gasteiger charge is 2.33. The summed E-state index contributed by atoms with van der Waals surface area (Å²) in [7, 11) is 0. The van der Waals surface area contributed by atoms with Crippen molar-refractivity contribution in [1.29, 1.82) is 0 Å². The van der Waals surface area contributed by atoms with E-state index in [1.165, 1.54) is 11.1 Å². The number of likely N-dealkylation sites (tertiary alicyclic amines) is 1. The highest BCUT2D eigenvalue weighted by Crippen LogP contribution is 2.29. The molecule has 1 saturated heterocycles. The van der Waals surface area contributed by atoms with E-state index in [0.717, 1.165) is 50.9 Å². The summed E-state index contributed by atoms with van der Waals surface area (Å²) >= 11 is 0. The number of ether oxygens (including phenoxy) is 1. The monoisotopic (exact) mass is 316 g/mol. The van der Waals surface area contributed by atoms with Crippen molar-refractivity contribution in [1.82, 2.24) is 4.90 Å². The minimum absolute atomic E-state index is 0.154. The number of nitrogens with two attached hydrogens (primary N) is 1. The van der Waals surface area contributed by atoms with Crippen molar-refractivity contribution >= 4 is 5.91 Å². The summed E-state index contributed by atoms with van der Waals surface area (Å²) in [4.78, 5) is 14.6. The predicted molar refractivity (Wildman–Crippen MR) is 91.5 cm³/mol. The van der Waals surface area contributed by atoms with Gasteiger partial charge in [0.1, 0.15) is 11.9 Å². The van der Waals surface area contributed by atoms with Gasteiger partial charge in [-0.2, -0.15) is 0 Å². The Morgan fingerprint density at radius 1 is 1.13 bits per heavy atom. The Bertz CT molecular complexity index is 544. The lowest BCUT2D eigenvalue weighted by Crippen LogP contribution is -2.44. The zero-order valence-electron chi connectivity index (χ0n) is 14.3. The number of amides is 1. The molecule has 0 bridgehead atoms. The number of aryl methyl sites for hydroxylation is 2. The Labute approximate surface area is 139 Å². The molecule has 2 aliphatic rings. The van der Waals surface area contributed by atoms with Crippen LogP contribution >= 0.6 is 0 Å². The maximum Gasteiger partial charge on any atom is 0.225 e. The van der Waals surface area contributed by atoms with Crippen LogP contribution in [0.15, 0.2) is 18.2 Å². The van der Waals surface area contributed by atoms with Crippen molar-refractivity contribution in [3.05, 3.63) is 29.3 Å². The Balaban J connectivity index is 1.53. The van der Waals surface area contributed by atoms with E-state index >= 15 is 0 Å². The number of rotatable bonds is 3. The van der Waals surface area contributed by atoms with E-state index < -0.39 is 0 Å². The molecule has 0 radical (unpaired) electrons. The highest BCUT2D eigenvalue weighted by atomic mass is 16.5. The van der Waals surface area contributed by atoms with Crippen molar-refractivity contribution in [2.45, 2.75) is 58.1 Å². The Morgan fingerprint density at radius 2 is 1.78 bits per heavy atom. The molecule has 1 aliphatic heterocycles. The number of benzene rings is 1.